The SMILES string of the molecule is O=C(N[C@@H]1[C@@H]2Cc3ccccc3[C@H]21)N1CCSCC1. The van der Waals surface area contributed by atoms with Gasteiger partial charge in [0.15, 0.2) is 0 Å². The molecule has 4 heteroatoms. The zero-order valence-electron chi connectivity index (χ0n) is 10.8. The highest BCUT2D eigenvalue weighted by molar-refractivity contribution is 7.99. The average Bonchev–Trinajstić information content (AvgIpc) is 2.97. The lowest BCUT2D eigenvalue weighted by Gasteiger charge is -2.27. The standard InChI is InChI=1S/C15H18N2OS/c18-15(17-5-7-19-8-6-17)16-14-12-9-10-3-1-2-4-11(10)13(12)14/h1-4,12-14H,5-9H2,(H,16,18)/t12-,13-,14-/m1/s1. The molecule has 1 aliphatic heterocycles. The molecule has 1 N–H and O–H groups in total. The first kappa shape index (κ1) is 11.6. The van der Waals surface area contributed by atoms with Gasteiger partial charge in [0.1, 0.15) is 0 Å². The third kappa shape index (κ3) is 1.93. The van der Waals surface area contributed by atoms with E-state index in [1.54, 1.807) is 0 Å². The van der Waals surface area contributed by atoms with Crippen LogP contribution in [-0.2, 0) is 6.42 Å². The fourth-order valence-electron chi connectivity index (χ4n) is 3.55. The van der Waals surface area contributed by atoms with Crippen LogP contribution in [0, 0.1) is 5.92 Å². The quantitative estimate of drug-likeness (QED) is 0.850. The van der Waals surface area contributed by atoms with Crippen LogP contribution in [0.5, 0.6) is 0 Å². The Bertz CT molecular complexity index is 513. The first-order valence-corrected chi connectivity index (χ1v) is 8.21. The molecular formula is C15H18N2OS. The molecule has 2 amide bonds. The lowest BCUT2D eigenvalue weighted by Crippen LogP contribution is -2.45. The number of nitrogens with one attached hydrogen (secondary N) is 1. The molecular weight excluding hydrogens is 256 g/mol. The number of carbonyl (C=O) groups excluding carboxylic acids is 1. The molecule has 2 fully saturated rings. The summed E-state index contributed by atoms with van der Waals surface area (Å²) in [5.74, 6) is 3.39. The van der Waals surface area contributed by atoms with E-state index >= 15 is 0 Å². The number of fused-ring (bicyclic) bond motifs is 3. The van der Waals surface area contributed by atoms with Crippen LogP contribution in [-0.4, -0.2) is 41.6 Å². The van der Waals surface area contributed by atoms with Crippen LogP contribution in [0.2, 0.25) is 0 Å². The van der Waals surface area contributed by atoms with Gasteiger partial charge in [-0.1, -0.05) is 24.3 Å². The number of nitrogens with zero attached hydrogens (tertiary/aromatic N) is 1. The van der Waals surface area contributed by atoms with Crippen LogP contribution >= 0.6 is 11.8 Å². The van der Waals surface area contributed by atoms with Crippen molar-refractivity contribution in [1.29, 1.82) is 0 Å². The number of carbonyl (C=O) groups is 1. The van der Waals surface area contributed by atoms with Crippen LogP contribution in [0.1, 0.15) is 17.0 Å². The average molecular weight is 274 g/mol. The van der Waals surface area contributed by atoms with Gasteiger partial charge in [0, 0.05) is 36.6 Å². The summed E-state index contributed by atoms with van der Waals surface area (Å²) in [7, 11) is 0. The molecule has 100 valence electrons. The Kier molecular flexibility index (Phi) is 2.72. The van der Waals surface area contributed by atoms with Crippen LogP contribution in [0.4, 0.5) is 4.79 Å². The predicted molar refractivity (Wildman–Crippen MR) is 77.6 cm³/mol. The number of rotatable bonds is 1. The van der Waals surface area contributed by atoms with Crippen molar-refractivity contribution in [3.8, 4) is 0 Å². The van der Waals surface area contributed by atoms with Crippen molar-refractivity contribution < 1.29 is 4.79 Å². The van der Waals surface area contributed by atoms with Gasteiger partial charge in [0.05, 0.1) is 0 Å². The summed E-state index contributed by atoms with van der Waals surface area (Å²) in [6.45, 7) is 1.80. The number of thioether (sulfide) groups is 1. The van der Waals surface area contributed by atoms with Gasteiger partial charge >= 0.3 is 6.03 Å². The molecule has 1 heterocycles. The van der Waals surface area contributed by atoms with Crippen molar-refractivity contribution in [3.63, 3.8) is 0 Å². The molecule has 2 aliphatic carbocycles. The van der Waals surface area contributed by atoms with E-state index in [2.05, 4.69) is 29.6 Å². The zero-order chi connectivity index (χ0) is 12.8. The van der Waals surface area contributed by atoms with Gasteiger partial charge < -0.3 is 10.2 Å². The van der Waals surface area contributed by atoms with E-state index in [0.29, 0.717) is 17.9 Å². The smallest absolute Gasteiger partial charge is 0.317 e. The minimum Gasteiger partial charge on any atom is -0.334 e. The predicted octanol–water partition coefficient (Wildman–Crippen LogP) is 2.08. The summed E-state index contributed by atoms with van der Waals surface area (Å²) in [5.41, 5.74) is 2.95. The molecule has 0 spiro atoms. The highest BCUT2D eigenvalue weighted by Gasteiger charge is 2.56. The van der Waals surface area contributed by atoms with E-state index in [-0.39, 0.29) is 6.03 Å². The van der Waals surface area contributed by atoms with Gasteiger partial charge in [-0.15, -0.1) is 0 Å². The van der Waals surface area contributed by atoms with Gasteiger partial charge in [-0.05, 0) is 23.5 Å². The first-order valence-electron chi connectivity index (χ1n) is 7.05. The Hall–Kier alpha value is -1.16. The van der Waals surface area contributed by atoms with Crippen LogP contribution in [0.25, 0.3) is 0 Å². The summed E-state index contributed by atoms with van der Waals surface area (Å²) in [6.07, 6.45) is 1.14. The summed E-state index contributed by atoms with van der Waals surface area (Å²) >= 11 is 1.94. The zero-order valence-corrected chi connectivity index (χ0v) is 11.7. The third-order valence-corrected chi connectivity index (χ3v) is 5.57. The molecule has 3 nitrogen and oxygen atoms in total. The maximum absolute atomic E-state index is 12.2. The van der Waals surface area contributed by atoms with E-state index in [9.17, 15) is 4.79 Å². The molecule has 1 saturated carbocycles. The Morgan fingerprint density at radius 1 is 1.26 bits per heavy atom. The number of hydrogen-bond acceptors (Lipinski definition) is 2. The second-order valence-electron chi connectivity index (χ2n) is 5.67. The number of benzene rings is 1. The van der Waals surface area contributed by atoms with E-state index in [1.165, 1.54) is 11.1 Å². The molecule has 4 rings (SSSR count). The molecule has 0 unspecified atom stereocenters. The number of urea groups is 1. The lowest BCUT2D eigenvalue weighted by atomic mass is 10.1. The van der Waals surface area contributed by atoms with Crippen LogP contribution < -0.4 is 5.32 Å². The van der Waals surface area contributed by atoms with Crippen molar-refractivity contribution >= 4 is 17.8 Å². The van der Waals surface area contributed by atoms with Crippen molar-refractivity contribution in [2.24, 2.45) is 5.92 Å². The molecule has 3 atom stereocenters. The van der Waals surface area contributed by atoms with Crippen LogP contribution in [0.15, 0.2) is 24.3 Å². The Balaban J connectivity index is 1.41. The summed E-state index contributed by atoms with van der Waals surface area (Å²) in [4.78, 5) is 14.2. The maximum atomic E-state index is 12.2. The molecule has 1 aromatic rings. The number of amides is 2. The summed E-state index contributed by atoms with van der Waals surface area (Å²) in [6, 6.07) is 9.21. The topological polar surface area (TPSA) is 32.3 Å². The molecule has 1 saturated heterocycles. The Labute approximate surface area is 117 Å². The minimum atomic E-state index is 0.150. The highest BCUT2D eigenvalue weighted by atomic mass is 32.2. The second-order valence-corrected chi connectivity index (χ2v) is 6.89. The van der Waals surface area contributed by atoms with Crippen molar-refractivity contribution in [2.45, 2.75) is 18.4 Å². The van der Waals surface area contributed by atoms with Gasteiger partial charge in [-0.3, -0.25) is 0 Å². The Morgan fingerprint density at radius 3 is 2.89 bits per heavy atom. The van der Waals surface area contributed by atoms with Crippen molar-refractivity contribution in [3.05, 3.63) is 35.4 Å². The molecule has 0 aromatic heterocycles. The molecule has 1 aromatic carbocycles. The molecule has 3 aliphatic rings. The minimum absolute atomic E-state index is 0.150. The second kappa shape index (κ2) is 4.44. The van der Waals surface area contributed by atoms with Crippen molar-refractivity contribution in [1.82, 2.24) is 10.2 Å². The highest BCUT2D eigenvalue weighted by Crippen LogP contribution is 2.56. The van der Waals surface area contributed by atoms with E-state index in [1.807, 2.05) is 16.7 Å². The normalized spacial score (nSPS) is 31.6. The maximum Gasteiger partial charge on any atom is 0.317 e. The monoisotopic (exact) mass is 274 g/mol. The van der Waals surface area contributed by atoms with E-state index < -0.39 is 0 Å². The van der Waals surface area contributed by atoms with Crippen LogP contribution in [0.3, 0.4) is 0 Å². The fourth-order valence-corrected chi connectivity index (χ4v) is 4.45. The largest absolute Gasteiger partial charge is 0.334 e. The molecule has 19 heavy (non-hydrogen) atoms. The lowest BCUT2D eigenvalue weighted by molar-refractivity contribution is 0.202. The number of hydrogen-bond donors (Lipinski definition) is 1. The van der Waals surface area contributed by atoms with E-state index in [0.717, 1.165) is 31.0 Å². The van der Waals surface area contributed by atoms with Gasteiger partial charge in [-0.2, -0.15) is 11.8 Å². The Morgan fingerprint density at radius 2 is 2.05 bits per heavy atom. The van der Waals surface area contributed by atoms with Gasteiger partial charge in [-0.25, -0.2) is 4.79 Å². The molecule has 0 radical (unpaired) electrons. The summed E-state index contributed by atoms with van der Waals surface area (Å²) < 4.78 is 0. The first-order chi connectivity index (χ1) is 9.34. The van der Waals surface area contributed by atoms with Gasteiger partial charge in [0.25, 0.3) is 0 Å². The van der Waals surface area contributed by atoms with E-state index in [4.69, 9.17) is 0 Å². The molecule has 0 bridgehead atoms. The fraction of sp³-hybridized carbons (Fsp3) is 0.533. The third-order valence-electron chi connectivity index (χ3n) is 4.63. The summed E-state index contributed by atoms with van der Waals surface area (Å²) in [5, 5.41) is 3.24. The van der Waals surface area contributed by atoms with Gasteiger partial charge in [0.2, 0.25) is 0 Å². The van der Waals surface area contributed by atoms with Crippen molar-refractivity contribution in [2.75, 3.05) is 24.6 Å².